The first kappa shape index (κ1) is 26.7. The summed E-state index contributed by atoms with van der Waals surface area (Å²) in [4.78, 5) is 17.2. The lowest BCUT2D eigenvalue weighted by atomic mass is 9.84. The van der Waals surface area contributed by atoms with Crippen molar-refractivity contribution in [1.29, 1.82) is 0 Å². The molecule has 188 valence electrons. The molecule has 1 aliphatic rings. The second-order valence-corrected chi connectivity index (χ2v) is 11.2. The summed E-state index contributed by atoms with van der Waals surface area (Å²) < 4.78 is 31.3. The van der Waals surface area contributed by atoms with Gasteiger partial charge in [0.1, 0.15) is 11.6 Å². The molecular weight excluding hydrogens is 476 g/mol. The number of aromatic nitrogens is 1. The maximum Gasteiger partial charge on any atom is 0.250 e. The van der Waals surface area contributed by atoms with Crippen LogP contribution < -0.4 is 10.6 Å². The number of hydrogen-bond donors (Lipinski definition) is 3. The quantitative estimate of drug-likeness (QED) is 0.162. The van der Waals surface area contributed by atoms with E-state index in [-0.39, 0.29) is 17.8 Å². The van der Waals surface area contributed by atoms with Gasteiger partial charge in [0.2, 0.25) is 11.8 Å². The van der Waals surface area contributed by atoms with Crippen molar-refractivity contribution in [2.75, 3.05) is 18.7 Å². The number of sulfonamides is 1. The van der Waals surface area contributed by atoms with Crippen LogP contribution in [0.4, 0.5) is 0 Å². The van der Waals surface area contributed by atoms with Gasteiger partial charge in [-0.2, -0.15) is 4.40 Å². The van der Waals surface area contributed by atoms with Gasteiger partial charge in [-0.25, -0.2) is 13.4 Å². The number of thioether (sulfide) groups is 1. The van der Waals surface area contributed by atoms with Crippen molar-refractivity contribution in [2.45, 2.75) is 63.5 Å². The number of carbonyl (C=O) groups is 1. The first-order valence-electron chi connectivity index (χ1n) is 11.7. The van der Waals surface area contributed by atoms with Gasteiger partial charge >= 0.3 is 0 Å². The molecule has 11 heteroatoms. The average Bonchev–Trinajstić information content (AvgIpc) is 3.25. The van der Waals surface area contributed by atoms with E-state index in [0.29, 0.717) is 42.3 Å². The summed E-state index contributed by atoms with van der Waals surface area (Å²) in [5.74, 6) is 1.10. The number of nitrogens with zero attached hydrogens (tertiary/aromatic N) is 2. The number of oxazole rings is 1. The lowest BCUT2D eigenvalue weighted by Crippen LogP contribution is -2.45. The summed E-state index contributed by atoms with van der Waals surface area (Å²) >= 11 is 1.21. The molecule has 3 N–H and O–H groups in total. The van der Waals surface area contributed by atoms with Gasteiger partial charge in [0.25, 0.3) is 10.0 Å². The Balaban J connectivity index is 1.45. The van der Waals surface area contributed by atoms with E-state index in [1.165, 1.54) is 36.6 Å². The Morgan fingerprint density at radius 2 is 2.09 bits per heavy atom. The van der Waals surface area contributed by atoms with E-state index >= 15 is 0 Å². The highest BCUT2D eigenvalue weighted by Crippen LogP contribution is 2.27. The van der Waals surface area contributed by atoms with Crippen LogP contribution in [0.3, 0.4) is 0 Å². The zero-order valence-corrected chi connectivity index (χ0v) is 21.1. The number of carbonyl (C=O) groups excluding carboxylic acids is 1. The third-order valence-electron chi connectivity index (χ3n) is 5.88. The molecule has 0 radical (unpaired) electrons. The Labute approximate surface area is 205 Å². The van der Waals surface area contributed by atoms with E-state index in [0.717, 1.165) is 25.5 Å². The Morgan fingerprint density at radius 3 is 2.82 bits per heavy atom. The lowest BCUT2D eigenvalue weighted by Gasteiger charge is -2.26. The van der Waals surface area contributed by atoms with Crippen molar-refractivity contribution in [2.24, 2.45) is 10.3 Å². The lowest BCUT2D eigenvalue weighted by molar-refractivity contribution is -0.123. The first-order valence-corrected chi connectivity index (χ1v) is 14.6. The molecule has 9 nitrogen and oxygen atoms in total. The number of fused-ring (bicyclic) bond motifs is 1. The van der Waals surface area contributed by atoms with E-state index in [1.807, 2.05) is 24.3 Å². The number of aliphatic hydroxyl groups is 1. The summed E-state index contributed by atoms with van der Waals surface area (Å²) in [6.07, 6.45) is 7.87. The molecule has 0 spiro atoms. The third kappa shape index (κ3) is 9.01. The molecule has 0 aliphatic heterocycles. The van der Waals surface area contributed by atoms with Crippen LogP contribution in [0.5, 0.6) is 0 Å². The van der Waals surface area contributed by atoms with Crippen LogP contribution in [0.15, 0.2) is 33.1 Å². The van der Waals surface area contributed by atoms with Gasteiger partial charge in [-0.1, -0.05) is 56.0 Å². The predicted octanol–water partition coefficient (Wildman–Crippen LogP) is 3.36. The molecule has 1 saturated carbocycles. The molecule has 2 aromatic rings. The van der Waals surface area contributed by atoms with Gasteiger partial charge in [0.05, 0.1) is 17.8 Å². The largest absolute Gasteiger partial charge is 0.438 e. The highest BCUT2D eigenvalue weighted by molar-refractivity contribution is 8.12. The molecule has 0 saturated heterocycles. The van der Waals surface area contributed by atoms with Crippen molar-refractivity contribution in [3.63, 3.8) is 0 Å². The third-order valence-corrected chi connectivity index (χ3v) is 7.09. The maximum atomic E-state index is 12.9. The smallest absolute Gasteiger partial charge is 0.250 e. The summed E-state index contributed by atoms with van der Waals surface area (Å²) in [6.45, 7) is 0.432. The van der Waals surface area contributed by atoms with Gasteiger partial charge in [-0.15, -0.1) is 0 Å². The Kier molecular flexibility index (Phi) is 10.4. The number of rotatable bonds is 13. The SMILES string of the molecule is CS(=O)(=O)N=CSCN[C@H](CC1CCCCC1)C(=O)NCCCC(O)c1nc2ccccc2o1. The molecule has 0 bridgehead atoms. The molecule has 1 aliphatic carbocycles. The molecule has 2 atom stereocenters. The van der Waals surface area contributed by atoms with Gasteiger partial charge in [0, 0.05) is 12.4 Å². The second-order valence-electron chi connectivity index (χ2n) is 8.72. The molecule has 1 aromatic carbocycles. The fourth-order valence-electron chi connectivity index (χ4n) is 4.12. The van der Waals surface area contributed by atoms with Crippen LogP contribution in [0.2, 0.25) is 0 Å². The van der Waals surface area contributed by atoms with E-state index in [1.54, 1.807) is 0 Å². The number of hydrogen-bond acceptors (Lipinski definition) is 8. The van der Waals surface area contributed by atoms with Crippen LogP contribution in [-0.2, 0) is 14.8 Å². The number of amides is 1. The van der Waals surface area contributed by atoms with Crippen LogP contribution >= 0.6 is 11.8 Å². The molecule has 1 aromatic heterocycles. The molecular formula is C23H34N4O5S2. The van der Waals surface area contributed by atoms with Gasteiger partial charge < -0.3 is 14.8 Å². The van der Waals surface area contributed by atoms with E-state index in [2.05, 4.69) is 20.0 Å². The number of aliphatic hydroxyl groups excluding tert-OH is 1. The number of para-hydroxylation sites is 2. The molecule has 34 heavy (non-hydrogen) atoms. The Hall–Kier alpha value is -1.95. The second kappa shape index (κ2) is 13.2. The molecule has 1 fully saturated rings. The van der Waals surface area contributed by atoms with Crippen LogP contribution in [0.25, 0.3) is 11.1 Å². The summed E-state index contributed by atoms with van der Waals surface area (Å²) in [7, 11) is -3.40. The van der Waals surface area contributed by atoms with Crippen molar-refractivity contribution < 1.29 is 22.7 Å². The zero-order chi connectivity index (χ0) is 24.4. The normalized spacial score (nSPS) is 17.2. The molecule has 1 unspecified atom stereocenters. The van der Waals surface area contributed by atoms with Gasteiger partial charge in [-0.05, 0) is 37.3 Å². The minimum atomic E-state index is -3.40. The standard InChI is InChI=1S/C23H34N4O5S2/c1-34(30,31)26-16-33-15-25-19(14-17-8-3-2-4-9-17)22(29)24-13-7-11-20(28)23-27-18-10-5-6-12-21(18)32-23/h5-6,10,12,16-17,19-20,25,28H,2-4,7-9,11,13-15H2,1H3,(H,24,29)/t19-,20?/m1/s1. The molecule has 1 heterocycles. The Bertz CT molecular complexity index is 1020. The minimum absolute atomic E-state index is 0.0809. The maximum absolute atomic E-state index is 12.9. The zero-order valence-electron chi connectivity index (χ0n) is 19.5. The van der Waals surface area contributed by atoms with Crippen molar-refractivity contribution >= 4 is 44.3 Å². The highest BCUT2D eigenvalue weighted by atomic mass is 32.2. The topological polar surface area (TPSA) is 134 Å². The number of nitrogens with one attached hydrogen (secondary N) is 2. The van der Waals surface area contributed by atoms with Crippen LogP contribution in [-0.4, -0.2) is 54.7 Å². The fourth-order valence-corrected chi connectivity index (χ4v) is 5.36. The average molecular weight is 511 g/mol. The van der Waals surface area contributed by atoms with Crippen molar-refractivity contribution in [3.05, 3.63) is 30.2 Å². The molecule has 1 amide bonds. The van der Waals surface area contributed by atoms with Crippen molar-refractivity contribution in [1.82, 2.24) is 15.6 Å². The van der Waals surface area contributed by atoms with Crippen molar-refractivity contribution in [3.8, 4) is 0 Å². The summed E-state index contributed by atoms with van der Waals surface area (Å²) in [6, 6.07) is 7.01. The summed E-state index contributed by atoms with van der Waals surface area (Å²) in [5, 5.41) is 16.6. The monoisotopic (exact) mass is 510 g/mol. The predicted molar refractivity (Wildman–Crippen MR) is 135 cm³/mol. The minimum Gasteiger partial charge on any atom is -0.438 e. The van der Waals surface area contributed by atoms with Gasteiger partial charge in [-0.3, -0.25) is 10.1 Å². The Morgan fingerprint density at radius 1 is 1.32 bits per heavy atom. The van der Waals surface area contributed by atoms with E-state index < -0.39 is 16.1 Å². The number of benzene rings is 1. The van der Waals surface area contributed by atoms with E-state index in [4.69, 9.17) is 4.42 Å². The first-order chi connectivity index (χ1) is 16.3. The van der Waals surface area contributed by atoms with Crippen LogP contribution in [0.1, 0.15) is 63.4 Å². The van der Waals surface area contributed by atoms with Crippen LogP contribution in [0, 0.1) is 5.92 Å². The van der Waals surface area contributed by atoms with Gasteiger partial charge in [0.15, 0.2) is 5.58 Å². The highest BCUT2D eigenvalue weighted by Gasteiger charge is 2.24. The molecule has 3 rings (SSSR count). The fraction of sp³-hybridized carbons (Fsp3) is 0.609. The van der Waals surface area contributed by atoms with E-state index in [9.17, 15) is 18.3 Å². The summed E-state index contributed by atoms with van der Waals surface area (Å²) in [5.41, 5.74) is 2.63.